The van der Waals surface area contributed by atoms with Crippen LogP contribution < -0.4 is 4.90 Å². The fourth-order valence-corrected chi connectivity index (χ4v) is 6.51. The number of rotatable bonds is 4. The summed E-state index contributed by atoms with van der Waals surface area (Å²) < 4.78 is 70.7. The molecule has 2 atom stereocenters. The van der Waals surface area contributed by atoms with Crippen LogP contribution >= 0.6 is 0 Å². The average Bonchev–Trinajstić information content (AvgIpc) is 3.60. The lowest BCUT2D eigenvalue weighted by Gasteiger charge is -2.34. The predicted molar refractivity (Wildman–Crippen MR) is 120 cm³/mol. The van der Waals surface area contributed by atoms with Crippen molar-refractivity contribution >= 4 is 26.6 Å². The number of aromatic nitrogens is 3. The Bertz CT molecular complexity index is 1520. The summed E-state index contributed by atoms with van der Waals surface area (Å²) in [5, 5.41) is 5.22. The van der Waals surface area contributed by atoms with Crippen LogP contribution in [0.25, 0.3) is 22.2 Å². The van der Waals surface area contributed by atoms with Crippen LogP contribution in [0.5, 0.6) is 0 Å². The highest BCUT2D eigenvalue weighted by Gasteiger charge is 2.49. The highest BCUT2D eigenvalue weighted by atomic mass is 32.2. The minimum Gasteiger partial charge on any atom is -0.351 e. The number of fused-ring (bicyclic) bond motifs is 3. The van der Waals surface area contributed by atoms with Crippen molar-refractivity contribution in [2.24, 2.45) is 0 Å². The van der Waals surface area contributed by atoms with E-state index in [1.165, 1.54) is 6.20 Å². The maximum atomic E-state index is 13.4. The molecule has 2 aliphatic heterocycles. The summed E-state index contributed by atoms with van der Waals surface area (Å²) >= 11 is 0. The molecule has 0 aliphatic carbocycles. The fraction of sp³-hybridized carbons (Fsp3) is 0.261. The van der Waals surface area contributed by atoms with Crippen LogP contribution in [0.15, 0.2) is 70.2 Å². The Balaban J connectivity index is 1.19. The van der Waals surface area contributed by atoms with Crippen molar-refractivity contribution in [3.05, 3.63) is 66.7 Å². The Kier molecular flexibility index (Phi) is 4.87. The van der Waals surface area contributed by atoms with Gasteiger partial charge in [-0.3, -0.25) is 0 Å². The summed E-state index contributed by atoms with van der Waals surface area (Å²) in [4.78, 5) is 10.0. The minimum absolute atomic E-state index is 0.0458. The highest BCUT2D eigenvalue weighted by Crippen LogP contribution is 2.38. The highest BCUT2D eigenvalue weighted by molar-refractivity contribution is 7.89. The van der Waals surface area contributed by atoms with E-state index in [-0.39, 0.29) is 28.4 Å². The van der Waals surface area contributed by atoms with Gasteiger partial charge < -0.3 is 9.42 Å². The second-order valence-electron chi connectivity index (χ2n) is 8.61. The van der Waals surface area contributed by atoms with E-state index >= 15 is 0 Å². The van der Waals surface area contributed by atoms with E-state index in [2.05, 4.69) is 19.6 Å². The van der Waals surface area contributed by atoms with Crippen molar-refractivity contribution in [3.63, 3.8) is 0 Å². The van der Waals surface area contributed by atoms with Gasteiger partial charge in [0.25, 0.3) is 0 Å². The number of nitrogens with zero attached hydrogens (tertiary/aromatic N) is 5. The third kappa shape index (κ3) is 3.73. The monoisotopic (exact) mass is 501 g/mol. The van der Waals surface area contributed by atoms with Crippen molar-refractivity contribution in [2.45, 2.75) is 29.6 Å². The normalized spacial score (nSPS) is 20.7. The van der Waals surface area contributed by atoms with Gasteiger partial charge in [-0.15, -0.1) is 0 Å². The number of halogens is 3. The summed E-state index contributed by atoms with van der Waals surface area (Å²) in [6.07, 6.45) is -2.65. The smallest absolute Gasteiger partial charge is 0.351 e. The summed E-state index contributed by atoms with van der Waals surface area (Å²) in [5.41, 5.74) is 0.290. The second-order valence-corrected chi connectivity index (χ2v) is 10.5. The molecule has 2 aliphatic rings. The van der Waals surface area contributed by atoms with Crippen LogP contribution in [0.2, 0.25) is 0 Å². The lowest BCUT2D eigenvalue weighted by Crippen LogP contribution is -2.48. The maximum absolute atomic E-state index is 13.4. The van der Waals surface area contributed by atoms with Crippen LogP contribution in [-0.2, 0) is 16.2 Å². The quantitative estimate of drug-likeness (QED) is 0.418. The van der Waals surface area contributed by atoms with Crippen molar-refractivity contribution in [3.8, 4) is 11.4 Å². The number of hydrogen-bond donors (Lipinski definition) is 0. The molecule has 2 unspecified atom stereocenters. The molecule has 8 nitrogen and oxygen atoms in total. The second kappa shape index (κ2) is 7.75. The van der Waals surface area contributed by atoms with Gasteiger partial charge in [-0.25, -0.2) is 13.4 Å². The molecule has 0 radical (unpaired) electrons. The molecule has 0 N–H and O–H groups in total. The first-order valence-electron chi connectivity index (χ1n) is 10.8. The Morgan fingerprint density at radius 3 is 2.43 bits per heavy atom. The Labute approximate surface area is 198 Å². The van der Waals surface area contributed by atoms with Gasteiger partial charge in [0, 0.05) is 36.9 Å². The zero-order valence-electron chi connectivity index (χ0n) is 18.1. The Hall–Kier alpha value is -3.51. The largest absolute Gasteiger partial charge is 0.471 e. The molecule has 2 aromatic carbocycles. The molecular weight excluding hydrogens is 483 g/mol. The standard InChI is InChI=1S/C23H18F3N5O3S/c24-23(25,26)22-28-21(29-34-22)16-6-8-20(27-11-16)30-12-18-10-17(30)13-31(18)35(32,33)19-7-5-14-3-1-2-4-15(14)9-19/h1-9,11,17-18H,10,12-13H2. The van der Waals surface area contributed by atoms with E-state index in [9.17, 15) is 21.6 Å². The van der Waals surface area contributed by atoms with E-state index in [0.717, 1.165) is 10.8 Å². The number of alkyl halides is 3. The summed E-state index contributed by atoms with van der Waals surface area (Å²) in [6.45, 7) is 0.813. The van der Waals surface area contributed by atoms with E-state index in [0.29, 0.717) is 25.3 Å². The van der Waals surface area contributed by atoms with Crippen molar-refractivity contribution in [1.29, 1.82) is 0 Å². The zero-order chi connectivity index (χ0) is 24.4. The Morgan fingerprint density at radius 1 is 0.971 bits per heavy atom. The van der Waals surface area contributed by atoms with Crippen LogP contribution in [0.3, 0.4) is 0 Å². The first-order chi connectivity index (χ1) is 16.7. The lowest BCUT2D eigenvalue weighted by atomic mass is 10.1. The minimum atomic E-state index is -4.72. The first-order valence-corrected chi connectivity index (χ1v) is 12.3. The van der Waals surface area contributed by atoms with Crippen LogP contribution in [-0.4, -0.2) is 53.0 Å². The molecule has 35 heavy (non-hydrogen) atoms. The van der Waals surface area contributed by atoms with Gasteiger partial charge in [0.15, 0.2) is 0 Å². The third-order valence-corrected chi connectivity index (χ3v) is 8.40. The molecule has 2 bridgehead atoms. The fourth-order valence-electron chi connectivity index (χ4n) is 4.81. The molecule has 0 spiro atoms. The van der Waals surface area contributed by atoms with E-state index in [1.54, 1.807) is 28.6 Å². The number of anilines is 1. The van der Waals surface area contributed by atoms with Gasteiger partial charge in [-0.1, -0.05) is 35.5 Å². The third-order valence-electron chi connectivity index (χ3n) is 6.49. The summed E-state index contributed by atoms with van der Waals surface area (Å²) in [5.74, 6) is -1.00. The van der Waals surface area contributed by atoms with Gasteiger partial charge in [-0.2, -0.15) is 22.5 Å². The predicted octanol–water partition coefficient (Wildman–Crippen LogP) is 3.96. The van der Waals surface area contributed by atoms with Crippen molar-refractivity contribution < 1.29 is 26.1 Å². The Morgan fingerprint density at radius 2 is 1.77 bits per heavy atom. The molecule has 2 aromatic heterocycles. The van der Waals surface area contributed by atoms with Gasteiger partial charge in [0.05, 0.1) is 4.90 Å². The van der Waals surface area contributed by atoms with Gasteiger partial charge in [0.1, 0.15) is 5.82 Å². The number of sulfonamides is 1. The van der Waals surface area contributed by atoms with E-state index in [1.807, 2.05) is 35.2 Å². The maximum Gasteiger partial charge on any atom is 0.471 e. The molecule has 2 fully saturated rings. The van der Waals surface area contributed by atoms with E-state index in [4.69, 9.17) is 0 Å². The molecule has 0 saturated carbocycles. The summed E-state index contributed by atoms with van der Waals surface area (Å²) in [7, 11) is -3.65. The van der Waals surface area contributed by atoms with Crippen LogP contribution in [0, 0.1) is 0 Å². The molecule has 12 heteroatoms. The molecular formula is C23H18F3N5O3S. The average molecular weight is 501 g/mol. The van der Waals surface area contributed by atoms with Gasteiger partial charge >= 0.3 is 12.1 Å². The molecule has 0 amide bonds. The molecule has 4 aromatic rings. The number of hydrogen-bond acceptors (Lipinski definition) is 7. The topological polar surface area (TPSA) is 92.4 Å². The summed E-state index contributed by atoms with van der Waals surface area (Å²) in [6, 6.07) is 15.8. The first kappa shape index (κ1) is 22.0. The SMILES string of the molecule is O=S(=O)(c1ccc2ccccc2c1)N1CC2CC1CN2c1ccc(-c2noc(C(F)(F)F)n2)cn1. The van der Waals surface area contributed by atoms with Crippen LogP contribution in [0.4, 0.5) is 19.0 Å². The molecule has 6 rings (SSSR count). The van der Waals surface area contributed by atoms with Crippen LogP contribution in [0.1, 0.15) is 12.3 Å². The van der Waals surface area contributed by atoms with Crippen molar-refractivity contribution in [2.75, 3.05) is 18.0 Å². The number of pyridine rings is 1. The lowest BCUT2D eigenvalue weighted by molar-refractivity contribution is -0.159. The van der Waals surface area contributed by atoms with Crippen molar-refractivity contribution in [1.82, 2.24) is 19.4 Å². The van der Waals surface area contributed by atoms with Gasteiger partial charge in [-0.05, 0) is 41.5 Å². The number of piperazine rings is 1. The number of benzene rings is 2. The molecule has 4 heterocycles. The zero-order valence-corrected chi connectivity index (χ0v) is 18.9. The molecule has 2 saturated heterocycles. The van der Waals surface area contributed by atoms with E-state index < -0.39 is 22.1 Å². The molecule has 180 valence electrons. The van der Waals surface area contributed by atoms with Gasteiger partial charge in [0.2, 0.25) is 15.8 Å².